The third-order valence-electron chi connectivity index (χ3n) is 4.80. The number of thiazole rings is 1. The minimum atomic E-state index is 0.331. The van der Waals surface area contributed by atoms with E-state index < -0.39 is 0 Å². The molecule has 2 aromatic rings. The number of methoxy groups -OCH3 is 2. The van der Waals surface area contributed by atoms with Gasteiger partial charge in [0.25, 0.3) is 0 Å². The van der Waals surface area contributed by atoms with E-state index in [1.165, 1.54) is 4.88 Å². The summed E-state index contributed by atoms with van der Waals surface area (Å²) in [5.74, 6) is 2.46. The first kappa shape index (κ1) is 20.3. The van der Waals surface area contributed by atoms with Gasteiger partial charge in [-0.3, -0.25) is 0 Å². The van der Waals surface area contributed by atoms with Crippen LogP contribution in [-0.4, -0.2) is 50.8 Å². The zero-order chi connectivity index (χ0) is 19.9. The fourth-order valence-corrected chi connectivity index (χ4v) is 3.93. The molecule has 0 spiro atoms. The largest absolute Gasteiger partial charge is 0.497 e. The molecule has 1 fully saturated rings. The molecule has 3 rings (SSSR count). The number of anilines is 1. The summed E-state index contributed by atoms with van der Waals surface area (Å²) in [6.45, 7) is 7.46. The highest BCUT2D eigenvalue weighted by molar-refractivity contribution is 7.09. The average molecular weight is 404 g/mol. The lowest BCUT2D eigenvalue weighted by Gasteiger charge is -2.21. The molecule has 0 amide bonds. The number of hydrogen-bond acceptors (Lipinski definition) is 6. The lowest BCUT2D eigenvalue weighted by Crippen LogP contribution is -2.44. The number of ether oxygens (including phenoxy) is 2. The first-order valence-corrected chi connectivity index (χ1v) is 10.4. The van der Waals surface area contributed by atoms with Gasteiger partial charge in [-0.15, -0.1) is 11.3 Å². The van der Waals surface area contributed by atoms with Crippen molar-refractivity contribution in [3.05, 3.63) is 34.3 Å². The molecule has 0 aliphatic carbocycles. The van der Waals surface area contributed by atoms with Gasteiger partial charge in [0, 0.05) is 54.4 Å². The molecule has 1 aromatic carbocycles. The molecule has 0 radical (unpaired) electrons. The summed E-state index contributed by atoms with van der Waals surface area (Å²) in [6.07, 6.45) is 1.05. The Morgan fingerprint density at radius 3 is 2.64 bits per heavy atom. The van der Waals surface area contributed by atoms with Gasteiger partial charge in [-0.2, -0.15) is 0 Å². The number of guanidine groups is 1. The Hall–Kier alpha value is -2.48. The summed E-state index contributed by atoms with van der Waals surface area (Å²) in [7, 11) is 3.35. The summed E-state index contributed by atoms with van der Waals surface area (Å²) in [4.78, 5) is 12.6. The zero-order valence-electron chi connectivity index (χ0n) is 17.0. The van der Waals surface area contributed by atoms with Crippen LogP contribution in [-0.2, 0) is 6.54 Å². The second kappa shape index (κ2) is 9.64. The van der Waals surface area contributed by atoms with Crippen LogP contribution in [0.2, 0.25) is 0 Å². The minimum Gasteiger partial charge on any atom is -0.497 e. The zero-order valence-corrected chi connectivity index (χ0v) is 17.8. The van der Waals surface area contributed by atoms with Gasteiger partial charge in [0.2, 0.25) is 0 Å². The average Bonchev–Trinajstić information content (AvgIpc) is 3.34. The summed E-state index contributed by atoms with van der Waals surface area (Å²) in [6, 6.07) is 6.33. The normalized spacial score (nSPS) is 16.9. The highest BCUT2D eigenvalue weighted by atomic mass is 32.1. The Balaban J connectivity index is 1.64. The van der Waals surface area contributed by atoms with Gasteiger partial charge < -0.3 is 25.0 Å². The van der Waals surface area contributed by atoms with Gasteiger partial charge in [0.15, 0.2) is 5.96 Å². The lowest BCUT2D eigenvalue weighted by molar-refractivity contribution is 0.394. The van der Waals surface area contributed by atoms with Gasteiger partial charge in [0.05, 0.1) is 32.0 Å². The van der Waals surface area contributed by atoms with Crippen LogP contribution in [0, 0.1) is 6.92 Å². The first-order chi connectivity index (χ1) is 13.6. The number of hydrogen-bond donors (Lipinski definition) is 2. The fraction of sp³-hybridized carbons (Fsp3) is 0.500. The van der Waals surface area contributed by atoms with E-state index in [-0.39, 0.29) is 0 Å². The molecule has 152 valence electrons. The smallest absolute Gasteiger partial charge is 0.191 e. The van der Waals surface area contributed by atoms with Crippen molar-refractivity contribution in [3.63, 3.8) is 0 Å². The van der Waals surface area contributed by atoms with Gasteiger partial charge >= 0.3 is 0 Å². The number of aryl methyl sites for hydroxylation is 1. The molecule has 1 saturated heterocycles. The molecule has 1 aliphatic heterocycles. The summed E-state index contributed by atoms with van der Waals surface area (Å²) in [5, 5.41) is 6.92. The monoisotopic (exact) mass is 403 g/mol. The van der Waals surface area contributed by atoms with E-state index >= 15 is 0 Å². The van der Waals surface area contributed by atoms with Crippen LogP contribution in [0.5, 0.6) is 11.5 Å². The third kappa shape index (κ3) is 5.07. The van der Waals surface area contributed by atoms with Gasteiger partial charge in [-0.25, -0.2) is 9.98 Å². The molecule has 1 atom stereocenters. The van der Waals surface area contributed by atoms with Gasteiger partial charge in [0.1, 0.15) is 11.5 Å². The SMILES string of the molecule is CCNC(=NCc1scnc1C)NC1CCN(c2cc(OC)cc(OC)c2)C1. The molecule has 28 heavy (non-hydrogen) atoms. The van der Waals surface area contributed by atoms with Crippen molar-refractivity contribution in [1.82, 2.24) is 15.6 Å². The van der Waals surface area contributed by atoms with E-state index in [1.807, 2.05) is 18.5 Å². The van der Waals surface area contributed by atoms with E-state index in [0.29, 0.717) is 12.6 Å². The maximum atomic E-state index is 5.40. The van der Waals surface area contributed by atoms with Crippen LogP contribution in [0.25, 0.3) is 0 Å². The molecule has 1 aromatic heterocycles. The molecular formula is C20H29N5O2S. The summed E-state index contributed by atoms with van der Waals surface area (Å²) < 4.78 is 10.8. The van der Waals surface area contributed by atoms with Crippen molar-refractivity contribution in [2.45, 2.75) is 32.9 Å². The van der Waals surface area contributed by atoms with E-state index in [9.17, 15) is 0 Å². The Labute approximate surface area is 170 Å². The maximum Gasteiger partial charge on any atom is 0.191 e. The third-order valence-corrected chi connectivity index (χ3v) is 5.72. The quantitative estimate of drug-likeness (QED) is 0.547. The van der Waals surface area contributed by atoms with E-state index in [0.717, 1.165) is 54.9 Å². The standard InChI is InChI=1S/C20H29N5O2S/c1-5-21-20(22-11-19-14(2)23-13-28-19)24-15-6-7-25(12-15)16-8-17(26-3)10-18(9-16)27-4/h8-10,13,15H,5-7,11-12H2,1-4H3,(H2,21,22,24). The van der Waals surface area contributed by atoms with Crippen LogP contribution in [0.1, 0.15) is 23.9 Å². The number of rotatable bonds is 7. The van der Waals surface area contributed by atoms with Gasteiger partial charge in [-0.1, -0.05) is 0 Å². The van der Waals surface area contributed by atoms with Crippen LogP contribution in [0.4, 0.5) is 5.69 Å². The number of aromatic nitrogens is 1. The predicted octanol–water partition coefficient (Wildman–Crippen LogP) is 2.80. The highest BCUT2D eigenvalue weighted by Gasteiger charge is 2.24. The molecule has 1 unspecified atom stereocenters. The minimum absolute atomic E-state index is 0.331. The van der Waals surface area contributed by atoms with Crippen molar-refractivity contribution in [2.75, 3.05) is 38.8 Å². The molecule has 1 aliphatic rings. The van der Waals surface area contributed by atoms with Crippen LogP contribution in [0.15, 0.2) is 28.7 Å². The molecule has 2 N–H and O–H groups in total. The second-order valence-corrected chi connectivity index (χ2v) is 7.64. The molecule has 0 saturated carbocycles. The van der Waals surface area contributed by atoms with Crippen molar-refractivity contribution in [2.24, 2.45) is 4.99 Å². The first-order valence-electron chi connectivity index (χ1n) is 9.54. The van der Waals surface area contributed by atoms with Crippen LogP contribution in [0.3, 0.4) is 0 Å². The van der Waals surface area contributed by atoms with E-state index in [4.69, 9.17) is 14.5 Å². The molecule has 0 bridgehead atoms. The summed E-state index contributed by atoms with van der Waals surface area (Å²) in [5.41, 5.74) is 4.05. The Bertz CT molecular complexity index is 785. The topological polar surface area (TPSA) is 71.0 Å². The summed E-state index contributed by atoms with van der Waals surface area (Å²) >= 11 is 1.65. The highest BCUT2D eigenvalue weighted by Crippen LogP contribution is 2.30. The molecular weight excluding hydrogens is 374 g/mol. The van der Waals surface area contributed by atoms with Gasteiger partial charge in [-0.05, 0) is 20.3 Å². The lowest BCUT2D eigenvalue weighted by atomic mass is 10.2. The van der Waals surface area contributed by atoms with Crippen molar-refractivity contribution < 1.29 is 9.47 Å². The van der Waals surface area contributed by atoms with E-state index in [1.54, 1.807) is 25.6 Å². The molecule has 7 nitrogen and oxygen atoms in total. The Morgan fingerprint density at radius 1 is 1.29 bits per heavy atom. The number of nitrogens with zero attached hydrogens (tertiary/aromatic N) is 3. The second-order valence-electron chi connectivity index (χ2n) is 6.70. The van der Waals surface area contributed by atoms with E-state index in [2.05, 4.69) is 39.6 Å². The van der Waals surface area contributed by atoms with Crippen LogP contribution < -0.4 is 25.0 Å². The van der Waals surface area contributed by atoms with Crippen molar-refractivity contribution in [1.29, 1.82) is 0 Å². The fourth-order valence-electron chi connectivity index (χ4n) is 3.23. The van der Waals surface area contributed by atoms with Crippen LogP contribution >= 0.6 is 11.3 Å². The predicted molar refractivity (Wildman–Crippen MR) is 115 cm³/mol. The van der Waals surface area contributed by atoms with Crippen molar-refractivity contribution in [3.8, 4) is 11.5 Å². The molecule has 2 heterocycles. The maximum absolute atomic E-state index is 5.40. The molecule has 8 heteroatoms. The van der Waals surface area contributed by atoms with Crippen molar-refractivity contribution >= 4 is 23.0 Å². The Morgan fingerprint density at radius 2 is 2.04 bits per heavy atom. The number of nitrogens with one attached hydrogen (secondary N) is 2. The number of benzene rings is 1. The Kier molecular flexibility index (Phi) is 6.97. The number of aliphatic imine (C=N–C) groups is 1.